The molecular weight excluding hydrogens is 347 g/mol. The van der Waals surface area contributed by atoms with Gasteiger partial charge in [0, 0.05) is 23.8 Å². The fourth-order valence-corrected chi connectivity index (χ4v) is 2.56. The Morgan fingerprint density at radius 2 is 1.85 bits per heavy atom. The van der Waals surface area contributed by atoms with Crippen molar-refractivity contribution in [3.05, 3.63) is 82.7 Å². The third-order valence-electron chi connectivity index (χ3n) is 3.99. The molecule has 0 aliphatic rings. The molecule has 0 bridgehead atoms. The van der Waals surface area contributed by atoms with E-state index >= 15 is 0 Å². The number of amides is 2. The molecule has 1 heterocycles. The Bertz CT molecular complexity index is 1010. The second kappa shape index (κ2) is 7.82. The van der Waals surface area contributed by atoms with E-state index in [-0.39, 0.29) is 11.5 Å². The van der Waals surface area contributed by atoms with Gasteiger partial charge in [-0.25, -0.2) is 14.2 Å². The Labute approximate surface area is 155 Å². The van der Waals surface area contributed by atoms with Crippen LogP contribution in [-0.4, -0.2) is 15.6 Å². The Morgan fingerprint density at radius 3 is 2.52 bits per heavy atom. The summed E-state index contributed by atoms with van der Waals surface area (Å²) < 4.78 is 14.6. The maximum Gasteiger partial charge on any atom is 0.325 e. The Kier molecular flexibility index (Phi) is 5.30. The standard InChI is InChI=1S/C20H19FN4O2/c1-13(2)14-6-8-17(9-7-14)25-11-10-22-18(19(25)26)24-20(27)23-16-5-3-4-15(21)12-16/h3-13H,1-2H3,(H2,22,23,24,27). The van der Waals surface area contributed by atoms with Crippen LogP contribution in [0.5, 0.6) is 0 Å². The maximum atomic E-state index is 13.2. The summed E-state index contributed by atoms with van der Waals surface area (Å²) in [4.78, 5) is 28.6. The molecule has 0 fully saturated rings. The van der Waals surface area contributed by atoms with Crippen LogP contribution in [0.3, 0.4) is 0 Å². The van der Waals surface area contributed by atoms with Crippen LogP contribution >= 0.6 is 0 Å². The fraction of sp³-hybridized carbons (Fsp3) is 0.150. The van der Waals surface area contributed by atoms with Crippen molar-refractivity contribution in [2.75, 3.05) is 10.6 Å². The first-order valence-electron chi connectivity index (χ1n) is 8.45. The molecule has 0 spiro atoms. The normalized spacial score (nSPS) is 10.7. The van der Waals surface area contributed by atoms with Crippen LogP contribution in [0.1, 0.15) is 25.3 Å². The summed E-state index contributed by atoms with van der Waals surface area (Å²) in [5, 5.41) is 4.86. The summed E-state index contributed by atoms with van der Waals surface area (Å²) in [5.41, 5.74) is 1.63. The number of halogens is 1. The number of anilines is 2. The fourth-order valence-electron chi connectivity index (χ4n) is 2.56. The molecule has 0 aliphatic heterocycles. The van der Waals surface area contributed by atoms with Crippen molar-refractivity contribution in [3.8, 4) is 5.69 Å². The molecule has 7 heteroatoms. The Hall–Kier alpha value is -3.48. The molecule has 1 aromatic heterocycles. The zero-order valence-corrected chi connectivity index (χ0v) is 14.9. The van der Waals surface area contributed by atoms with Crippen LogP contribution in [0.2, 0.25) is 0 Å². The highest BCUT2D eigenvalue weighted by Crippen LogP contribution is 2.16. The lowest BCUT2D eigenvalue weighted by Crippen LogP contribution is -2.28. The second-order valence-corrected chi connectivity index (χ2v) is 6.29. The third-order valence-corrected chi connectivity index (χ3v) is 3.99. The van der Waals surface area contributed by atoms with Crippen molar-refractivity contribution in [2.24, 2.45) is 0 Å². The third kappa shape index (κ3) is 4.38. The molecule has 138 valence electrons. The highest BCUT2D eigenvalue weighted by molar-refractivity contribution is 5.99. The Morgan fingerprint density at radius 1 is 1.11 bits per heavy atom. The lowest BCUT2D eigenvalue weighted by atomic mass is 10.0. The number of carbonyl (C=O) groups is 1. The van der Waals surface area contributed by atoms with Crippen LogP contribution in [0.15, 0.2) is 65.7 Å². The summed E-state index contributed by atoms with van der Waals surface area (Å²) in [5.74, 6) is -0.214. The van der Waals surface area contributed by atoms with Crippen molar-refractivity contribution < 1.29 is 9.18 Å². The highest BCUT2D eigenvalue weighted by Gasteiger charge is 2.11. The molecule has 6 nitrogen and oxygen atoms in total. The molecule has 2 N–H and O–H groups in total. The van der Waals surface area contributed by atoms with Crippen LogP contribution in [0.25, 0.3) is 5.69 Å². The number of carbonyl (C=O) groups excluding carboxylic acids is 1. The molecule has 0 unspecified atom stereocenters. The minimum absolute atomic E-state index is 0.126. The van der Waals surface area contributed by atoms with E-state index in [1.54, 1.807) is 0 Å². The van der Waals surface area contributed by atoms with Gasteiger partial charge >= 0.3 is 6.03 Å². The molecule has 3 rings (SSSR count). The van der Waals surface area contributed by atoms with E-state index in [1.807, 2.05) is 24.3 Å². The molecular formula is C20H19FN4O2. The number of nitrogens with one attached hydrogen (secondary N) is 2. The van der Waals surface area contributed by atoms with E-state index in [2.05, 4.69) is 29.5 Å². The first kappa shape index (κ1) is 18.3. The first-order chi connectivity index (χ1) is 12.9. The van der Waals surface area contributed by atoms with Crippen LogP contribution in [0, 0.1) is 5.82 Å². The zero-order valence-electron chi connectivity index (χ0n) is 14.9. The van der Waals surface area contributed by atoms with Crippen LogP contribution in [-0.2, 0) is 0 Å². The van der Waals surface area contributed by atoms with E-state index in [0.29, 0.717) is 11.6 Å². The predicted molar refractivity (Wildman–Crippen MR) is 103 cm³/mol. The van der Waals surface area contributed by atoms with Gasteiger partial charge < -0.3 is 5.32 Å². The largest absolute Gasteiger partial charge is 0.325 e. The lowest BCUT2D eigenvalue weighted by Gasteiger charge is -2.11. The zero-order chi connectivity index (χ0) is 19.4. The highest BCUT2D eigenvalue weighted by atomic mass is 19.1. The minimum atomic E-state index is -0.682. The monoisotopic (exact) mass is 366 g/mol. The first-order valence-corrected chi connectivity index (χ1v) is 8.45. The van der Waals surface area contributed by atoms with Crippen LogP contribution < -0.4 is 16.2 Å². The number of rotatable bonds is 4. The summed E-state index contributed by atoms with van der Waals surface area (Å²) in [6.45, 7) is 4.18. The topological polar surface area (TPSA) is 76.0 Å². The van der Waals surface area contributed by atoms with E-state index in [9.17, 15) is 14.0 Å². The Balaban J connectivity index is 1.80. The number of aromatic nitrogens is 2. The van der Waals surface area contributed by atoms with Crippen molar-refractivity contribution in [3.63, 3.8) is 0 Å². The number of hydrogen-bond acceptors (Lipinski definition) is 3. The van der Waals surface area contributed by atoms with Gasteiger partial charge in [-0.2, -0.15) is 0 Å². The van der Waals surface area contributed by atoms with Crippen molar-refractivity contribution in [1.82, 2.24) is 9.55 Å². The van der Waals surface area contributed by atoms with Gasteiger partial charge in [0.25, 0.3) is 5.56 Å². The van der Waals surface area contributed by atoms with Gasteiger partial charge in [-0.05, 0) is 41.8 Å². The number of nitrogens with zero attached hydrogens (tertiary/aromatic N) is 2. The number of urea groups is 1. The average Bonchev–Trinajstić information content (AvgIpc) is 2.63. The van der Waals surface area contributed by atoms with Gasteiger partial charge in [0.05, 0.1) is 0 Å². The van der Waals surface area contributed by atoms with Gasteiger partial charge in [-0.1, -0.05) is 32.0 Å². The molecule has 27 heavy (non-hydrogen) atoms. The SMILES string of the molecule is CC(C)c1ccc(-n2ccnc(NC(=O)Nc3cccc(F)c3)c2=O)cc1. The summed E-state index contributed by atoms with van der Waals surface area (Å²) in [7, 11) is 0. The van der Waals surface area contributed by atoms with E-state index in [0.717, 1.165) is 5.56 Å². The summed E-state index contributed by atoms with van der Waals surface area (Å²) >= 11 is 0. The second-order valence-electron chi connectivity index (χ2n) is 6.29. The van der Waals surface area contributed by atoms with Gasteiger partial charge in [0.1, 0.15) is 5.82 Å². The molecule has 0 atom stereocenters. The molecule has 0 aliphatic carbocycles. The van der Waals surface area contributed by atoms with E-state index in [1.165, 1.54) is 41.2 Å². The van der Waals surface area contributed by atoms with Gasteiger partial charge in [0.15, 0.2) is 0 Å². The minimum Gasteiger partial charge on any atom is -0.308 e. The van der Waals surface area contributed by atoms with Gasteiger partial charge in [-0.3, -0.25) is 14.7 Å². The average molecular weight is 366 g/mol. The number of benzene rings is 2. The van der Waals surface area contributed by atoms with Gasteiger partial charge in [0.2, 0.25) is 5.82 Å². The quantitative estimate of drug-likeness (QED) is 0.729. The molecule has 2 amide bonds. The van der Waals surface area contributed by atoms with Crippen molar-refractivity contribution in [2.45, 2.75) is 19.8 Å². The van der Waals surface area contributed by atoms with E-state index < -0.39 is 17.4 Å². The number of hydrogen-bond donors (Lipinski definition) is 2. The summed E-state index contributed by atoms with van der Waals surface area (Å²) in [6.07, 6.45) is 2.96. The molecule has 2 aromatic carbocycles. The molecule has 3 aromatic rings. The summed E-state index contributed by atoms with van der Waals surface area (Å²) in [6, 6.07) is 12.4. The lowest BCUT2D eigenvalue weighted by molar-refractivity contribution is 0.262. The van der Waals surface area contributed by atoms with Crippen molar-refractivity contribution in [1.29, 1.82) is 0 Å². The van der Waals surface area contributed by atoms with Crippen molar-refractivity contribution >= 4 is 17.5 Å². The maximum absolute atomic E-state index is 13.2. The molecule has 0 saturated heterocycles. The molecule has 0 radical (unpaired) electrons. The predicted octanol–water partition coefficient (Wildman–Crippen LogP) is 4.14. The smallest absolute Gasteiger partial charge is 0.308 e. The molecule has 0 saturated carbocycles. The van der Waals surface area contributed by atoms with Crippen LogP contribution in [0.4, 0.5) is 20.7 Å². The van der Waals surface area contributed by atoms with E-state index in [4.69, 9.17) is 0 Å². The van der Waals surface area contributed by atoms with Gasteiger partial charge in [-0.15, -0.1) is 0 Å².